The van der Waals surface area contributed by atoms with Gasteiger partial charge < -0.3 is 10.2 Å². The summed E-state index contributed by atoms with van der Waals surface area (Å²) in [4.78, 5) is 14.8. The Labute approximate surface area is 114 Å². The number of benzene rings is 1. The van der Waals surface area contributed by atoms with E-state index >= 15 is 0 Å². The maximum absolute atomic E-state index is 11.7. The average Bonchev–Trinajstić information content (AvgIpc) is 2.41. The van der Waals surface area contributed by atoms with E-state index in [0.717, 1.165) is 25.4 Å². The molecule has 4 heteroatoms. The van der Waals surface area contributed by atoms with Crippen molar-refractivity contribution < 1.29 is 4.79 Å². The zero-order valence-electron chi connectivity index (χ0n) is 11.2. The van der Waals surface area contributed by atoms with E-state index in [4.69, 9.17) is 0 Å². The normalized spacial score (nSPS) is 10.3. The first kappa shape index (κ1) is 15.1. The number of amides is 1. The van der Waals surface area contributed by atoms with E-state index in [9.17, 15) is 4.79 Å². The van der Waals surface area contributed by atoms with E-state index in [-0.39, 0.29) is 5.91 Å². The summed E-state index contributed by atoms with van der Waals surface area (Å²) >= 11 is 1.80. The standard InChI is InChI=1S/C14H22N2OS/c1-3-16(4-2)14(17)12-15-10-11-18-13-8-6-5-7-9-13/h5-9,15H,3-4,10-12H2,1-2H3. The Hall–Kier alpha value is -1.00. The van der Waals surface area contributed by atoms with Gasteiger partial charge in [0.25, 0.3) is 0 Å². The Morgan fingerprint density at radius 1 is 1.22 bits per heavy atom. The first-order chi connectivity index (χ1) is 8.77. The molecule has 18 heavy (non-hydrogen) atoms. The minimum atomic E-state index is 0.185. The average molecular weight is 266 g/mol. The maximum Gasteiger partial charge on any atom is 0.236 e. The van der Waals surface area contributed by atoms with Crippen molar-refractivity contribution in [2.24, 2.45) is 0 Å². The predicted molar refractivity (Wildman–Crippen MR) is 78.0 cm³/mol. The predicted octanol–water partition coefficient (Wildman–Crippen LogP) is 2.24. The highest BCUT2D eigenvalue weighted by molar-refractivity contribution is 7.99. The fourth-order valence-corrected chi connectivity index (χ4v) is 2.47. The molecule has 0 aliphatic carbocycles. The molecule has 0 aromatic heterocycles. The van der Waals surface area contributed by atoms with Gasteiger partial charge in [0.1, 0.15) is 0 Å². The van der Waals surface area contributed by atoms with Crippen LogP contribution >= 0.6 is 11.8 Å². The summed E-state index contributed by atoms with van der Waals surface area (Å²) in [6, 6.07) is 10.3. The lowest BCUT2D eigenvalue weighted by Gasteiger charge is -2.18. The molecular weight excluding hydrogens is 244 g/mol. The number of hydrogen-bond donors (Lipinski definition) is 1. The van der Waals surface area contributed by atoms with E-state index in [0.29, 0.717) is 6.54 Å². The second-order valence-corrected chi connectivity index (χ2v) is 5.07. The van der Waals surface area contributed by atoms with Crippen LogP contribution in [0.4, 0.5) is 0 Å². The Kier molecular flexibility index (Phi) is 7.53. The summed E-state index contributed by atoms with van der Waals surface area (Å²) in [6.45, 7) is 6.88. The Bertz CT molecular complexity index is 339. The second kappa shape index (κ2) is 9.00. The van der Waals surface area contributed by atoms with Gasteiger partial charge in [0.15, 0.2) is 0 Å². The van der Waals surface area contributed by atoms with Crippen LogP contribution in [0.5, 0.6) is 0 Å². The molecule has 1 N–H and O–H groups in total. The van der Waals surface area contributed by atoms with Crippen molar-refractivity contribution in [2.75, 3.05) is 31.9 Å². The van der Waals surface area contributed by atoms with Crippen molar-refractivity contribution in [3.8, 4) is 0 Å². The van der Waals surface area contributed by atoms with E-state index in [1.54, 1.807) is 11.8 Å². The molecule has 0 fully saturated rings. The zero-order chi connectivity index (χ0) is 13.2. The first-order valence-electron chi connectivity index (χ1n) is 6.44. The smallest absolute Gasteiger partial charge is 0.236 e. The molecule has 1 aromatic rings. The van der Waals surface area contributed by atoms with Crippen LogP contribution in [0, 0.1) is 0 Å². The molecule has 0 aliphatic heterocycles. The topological polar surface area (TPSA) is 32.3 Å². The van der Waals surface area contributed by atoms with E-state index in [1.807, 2.05) is 36.9 Å². The molecule has 0 heterocycles. The number of nitrogens with zero attached hydrogens (tertiary/aromatic N) is 1. The van der Waals surface area contributed by atoms with Crippen molar-refractivity contribution in [2.45, 2.75) is 18.7 Å². The van der Waals surface area contributed by atoms with Gasteiger partial charge >= 0.3 is 0 Å². The molecule has 0 unspecified atom stereocenters. The van der Waals surface area contributed by atoms with Crippen LogP contribution in [0.15, 0.2) is 35.2 Å². The molecule has 0 aliphatic rings. The zero-order valence-corrected chi connectivity index (χ0v) is 12.0. The summed E-state index contributed by atoms with van der Waals surface area (Å²) in [5.74, 6) is 1.17. The molecule has 3 nitrogen and oxygen atoms in total. The van der Waals surface area contributed by atoms with Crippen molar-refractivity contribution in [1.29, 1.82) is 0 Å². The minimum absolute atomic E-state index is 0.185. The Balaban J connectivity index is 2.10. The van der Waals surface area contributed by atoms with E-state index in [2.05, 4.69) is 17.4 Å². The van der Waals surface area contributed by atoms with Gasteiger partial charge in [-0.2, -0.15) is 0 Å². The van der Waals surface area contributed by atoms with Gasteiger partial charge in [-0.05, 0) is 26.0 Å². The summed E-state index contributed by atoms with van der Waals surface area (Å²) in [5.41, 5.74) is 0. The van der Waals surface area contributed by atoms with Crippen molar-refractivity contribution in [3.63, 3.8) is 0 Å². The van der Waals surface area contributed by atoms with Gasteiger partial charge in [-0.15, -0.1) is 11.8 Å². The van der Waals surface area contributed by atoms with Crippen molar-refractivity contribution >= 4 is 17.7 Å². The van der Waals surface area contributed by atoms with Crippen LogP contribution in [-0.4, -0.2) is 42.7 Å². The lowest BCUT2D eigenvalue weighted by atomic mass is 10.4. The van der Waals surface area contributed by atoms with Crippen LogP contribution in [0.25, 0.3) is 0 Å². The van der Waals surface area contributed by atoms with Gasteiger partial charge in [0.05, 0.1) is 6.54 Å². The third kappa shape index (κ3) is 5.56. The van der Waals surface area contributed by atoms with Crippen LogP contribution in [0.1, 0.15) is 13.8 Å². The number of carbonyl (C=O) groups excluding carboxylic acids is 1. The molecule has 0 atom stereocenters. The molecule has 0 bridgehead atoms. The SMILES string of the molecule is CCN(CC)C(=O)CNCCSc1ccccc1. The monoisotopic (exact) mass is 266 g/mol. The molecule has 0 spiro atoms. The minimum Gasteiger partial charge on any atom is -0.342 e. The van der Waals surface area contributed by atoms with Gasteiger partial charge in [0, 0.05) is 30.3 Å². The molecule has 100 valence electrons. The maximum atomic E-state index is 11.7. The highest BCUT2D eigenvalue weighted by Crippen LogP contribution is 2.15. The number of hydrogen-bond acceptors (Lipinski definition) is 3. The molecule has 1 amide bonds. The van der Waals surface area contributed by atoms with Crippen LogP contribution in [0.3, 0.4) is 0 Å². The van der Waals surface area contributed by atoms with Crippen molar-refractivity contribution in [3.05, 3.63) is 30.3 Å². The molecule has 1 rings (SSSR count). The third-order valence-corrected chi connectivity index (χ3v) is 3.70. The number of carbonyl (C=O) groups is 1. The molecular formula is C14H22N2OS. The van der Waals surface area contributed by atoms with Crippen LogP contribution < -0.4 is 5.32 Å². The highest BCUT2D eigenvalue weighted by Gasteiger charge is 2.07. The molecule has 0 saturated heterocycles. The van der Waals surface area contributed by atoms with Gasteiger partial charge in [-0.25, -0.2) is 0 Å². The second-order valence-electron chi connectivity index (χ2n) is 3.90. The molecule has 0 saturated carbocycles. The van der Waals surface area contributed by atoms with Gasteiger partial charge in [-0.3, -0.25) is 4.79 Å². The quantitative estimate of drug-likeness (QED) is 0.578. The van der Waals surface area contributed by atoms with E-state index < -0.39 is 0 Å². The highest BCUT2D eigenvalue weighted by atomic mass is 32.2. The van der Waals surface area contributed by atoms with Gasteiger partial charge in [0.2, 0.25) is 5.91 Å². The lowest BCUT2D eigenvalue weighted by molar-refractivity contribution is -0.129. The van der Waals surface area contributed by atoms with Crippen molar-refractivity contribution in [1.82, 2.24) is 10.2 Å². The Morgan fingerprint density at radius 3 is 2.50 bits per heavy atom. The number of nitrogens with one attached hydrogen (secondary N) is 1. The molecule has 1 aromatic carbocycles. The van der Waals surface area contributed by atoms with Crippen LogP contribution in [-0.2, 0) is 4.79 Å². The summed E-state index contributed by atoms with van der Waals surface area (Å²) in [7, 11) is 0. The number of likely N-dealkylation sites (N-methyl/N-ethyl adjacent to an activating group) is 1. The Morgan fingerprint density at radius 2 is 1.89 bits per heavy atom. The fraction of sp³-hybridized carbons (Fsp3) is 0.500. The number of thioether (sulfide) groups is 1. The fourth-order valence-electron chi connectivity index (χ4n) is 1.64. The first-order valence-corrected chi connectivity index (χ1v) is 7.42. The summed E-state index contributed by atoms with van der Waals surface area (Å²) in [5, 5.41) is 3.19. The third-order valence-electron chi connectivity index (χ3n) is 2.68. The lowest BCUT2D eigenvalue weighted by Crippen LogP contribution is -2.38. The molecule has 0 radical (unpaired) electrons. The van der Waals surface area contributed by atoms with E-state index in [1.165, 1.54) is 4.90 Å². The largest absolute Gasteiger partial charge is 0.342 e. The number of rotatable bonds is 8. The van der Waals surface area contributed by atoms with Gasteiger partial charge in [-0.1, -0.05) is 18.2 Å². The summed E-state index contributed by atoms with van der Waals surface area (Å²) < 4.78 is 0. The summed E-state index contributed by atoms with van der Waals surface area (Å²) in [6.07, 6.45) is 0. The van der Waals surface area contributed by atoms with Crippen LogP contribution in [0.2, 0.25) is 0 Å².